The van der Waals surface area contributed by atoms with E-state index in [1.54, 1.807) is 0 Å². The van der Waals surface area contributed by atoms with Gasteiger partial charge in [-0.15, -0.1) is 0 Å². The number of aldehydes is 1. The Morgan fingerprint density at radius 1 is 1.50 bits per heavy atom. The molecule has 0 aromatic carbocycles. The number of carbonyl (C=O) groups excluding carboxylic acids is 1. The van der Waals surface area contributed by atoms with Crippen LogP contribution in [0.2, 0.25) is 0 Å². The van der Waals surface area contributed by atoms with Crippen molar-refractivity contribution in [3.8, 4) is 0 Å². The fourth-order valence-corrected chi connectivity index (χ4v) is 1.98. The highest BCUT2D eigenvalue weighted by Gasteiger charge is 2.37. The largest absolute Gasteiger partial charge is 0.395 e. The molecule has 70 valence electrons. The quantitative estimate of drug-likeness (QED) is 0.625. The molecule has 0 bridgehead atoms. The number of ether oxygens (including phenoxy) is 1. The van der Waals surface area contributed by atoms with Crippen LogP contribution in [0.25, 0.3) is 0 Å². The Hall–Kier alpha value is -0.410. The van der Waals surface area contributed by atoms with Crippen LogP contribution in [-0.4, -0.2) is 30.2 Å². The van der Waals surface area contributed by atoms with E-state index in [0.29, 0.717) is 12.8 Å². The first-order valence-electron chi connectivity index (χ1n) is 4.34. The maximum absolute atomic E-state index is 10.8. The molecule has 3 heteroatoms. The van der Waals surface area contributed by atoms with Crippen LogP contribution in [0.5, 0.6) is 0 Å². The molecule has 0 saturated carbocycles. The third kappa shape index (κ3) is 1.84. The van der Waals surface area contributed by atoms with Gasteiger partial charge in [0.05, 0.1) is 24.2 Å². The molecule has 2 unspecified atom stereocenters. The highest BCUT2D eigenvalue weighted by Crippen LogP contribution is 2.34. The monoisotopic (exact) mass is 172 g/mol. The zero-order valence-corrected chi connectivity index (χ0v) is 7.62. The van der Waals surface area contributed by atoms with Crippen molar-refractivity contribution in [1.29, 1.82) is 0 Å². The summed E-state index contributed by atoms with van der Waals surface area (Å²) in [5, 5.41) is 9.09. The molecule has 2 atom stereocenters. The van der Waals surface area contributed by atoms with E-state index in [9.17, 15) is 4.79 Å². The number of aliphatic hydroxyl groups excluding tert-OH is 1. The molecule has 12 heavy (non-hydrogen) atoms. The first-order chi connectivity index (χ1) is 5.62. The summed E-state index contributed by atoms with van der Waals surface area (Å²) in [6.45, 7) is 3.81. The molecule has 1 rings (SSSR count). The lowest BCUT2D eigenvalue weighted by Crippen LogP contribution is -2.41. The average Bonchev–Trinajstić information content (AvgIpc) is 2.02. The van der Waals surface area contributed by atoms with Gasteiger partial charge in [-0.2, -0.15) is 0 Å². The molecule has 1 fully saturated rings. The predicted octanol–water partition coefficient (Wildman–Crippen LogP) is 0.751. The molecule has 1 N–H and O–H groups in total. The number of hydrogen-bond acceptors (Lipinski definition) is 3. The highest BCUT2D eigenvalue weighted by molar-refractivity contribution is 5.60. The zero-order chi connectivity index (χ0) is 9.19. The molecule has 0 aromatic rings. The molecular weight excluding hydrogens is 156 g/mol. The summed E-state index contributed by atoms with van der Waals surface area (Å²) < 4.78 is 5.48. The third-order valence-corrected chi connectivity index (χ3v) is 2.42. The molecule has 0 aromatic heterocycles. The summed E-state index contributed by atoms with van der Waals surface area (Å²) in [7, 11) is 0. The lowest BCUT2D eigenvalue weighted by Gasteiger charge is -2.37. The van der Waals surface area contributed by atoms with Crippen LogP contribution in [0.4, 0.5) is 0 Å². The van der Waals surface area contributed by atoms with Crippen molar-refractivity contribution in [2.75, 3.05) is 6.61 Å². The molecular formula is C9H16O3. The lowest BCUT2D eigenvalue weighted by atomic mass is 9.78. The van der Waals surface area contributed by atoms with Crippen molar-refractivity contribution < 1.29 is 14.6 Å². The fraction of sp³-hybridized carbons (Fsp3) is 0.889. The minimum Gasteiger partial charge on any atom is -0.395 e. The Labute approximate surface area is 72.7 Å². The van der Waals surface area contributed by atoms with Crippen molar-refractivity contribution in [2.45, 2.75) is 38.9 Å². The van der Waals surface area contributed by atoms with Crippen LogP contribution >= 0.6 is 0 Å². The Bertz CT molecular complexity index is 157. The molecule has 0 spiro atoms. The average molecular weight is 172 g/mol. The van der Waals surface area contributed by atoms with Gasteiger partial charge in [-0.25, -0.2) is 0 Å². The molecule has 0 amide bonds. The molecule has 3 nitrogen and oxygen atoms in total. The number of rotatable bonds is 2. The Morgan fingerprint density at radius 3 is 2.33 bits per heavy atom. The van der Waals surface area contributed by atoms with Gasteiger partial charge in [-0.05, 0) is 26.7 Å². The van der Waals surface area contributed by atoms with Gasteiger partial charge in [0.25, 0.3) is 0 Å². The fourth-order valence-electron chi connectivity index (χ4n) is 1.98. The van der Waals surface area contributed by atoms with Crippen LogP contribution < -0.4 is 0 Å². The van der Waals surface area contributed by atoms with E-state index in [2.05, 4.69) is 0 Å². The Kier molecular flexibility index (Phi) is 2.85. The first-order valence-corrected chi connectivity index (χ1v) is 4.34. The van der Waals surface area contributed by atoms with Crippen LogP contribution in [0.3, 0.4) is 0 Å². The van der Waals surface area contributed by atoms with Crippen LogP contribution in [0.1, 0.15) is 26.7 Å². The van der Waals surface area contributed by atoms with E-state index < -0.39 is 5.41 Å². The van der Waals surface area contributed by atoms with E-state index in [-0.39, 0.29) is 18.8 Å². The summed E-state index contributed by atoms with van der Waals surface area (Å²) in [6.07, 6.45) is 2.30. The molecule has 0 radical (unpaired) electrons. The van der Waals surface area contributed by atoms with Crippen LogP contribution in [0, 0.1) is 5.41 Å². The van der Waals surface area contributed by atoms with E-state index in [1.807, 2.05) is 13.8 Å². The van der Waals surface area contributed by atoms with E-state index in [0.717, 1.165) is 6.29 Å². The lowest BCUT2D eigenvalue weighted by molar-refractivity contribution is -0.137. The van der Waals surface area contributed by atoms with Gasteiger partial charge in [0.2, 0.25) is 0 Å². The van der Waals surface area contributed by atoms with E-state index in [1.165, 1.54) is 0 Å². The summed E-state index contributed by atoms with van der Waals surface area (Å²) >= 11 is 0. The van der Waals surface area contributed by atoms with Crippen LogP contribution in [0.15, 0.2) is 0 Å². The standard InChI is InChI=1S/C9H16O3/c1-7-3-9(5-10,6-11)4-8(2)12-7/h5,7-8,11H,3-4,6H2,1-2H3. The van der Waals surface area contributed by atoms with Gasteiger partial charge in [-0.1, -0.05) is 0 Å². The normalized spacial score (nSPS) is 42.6. The number of aliphatic hydroxyl groups is 1. The molecule has 1 saturated heterocycles. The smallest absolute Gasteiger partial charge is 0.128 e. The van der Waals surface area contributed by atoms with Gasteiger partial charge in [0, 0.05) is 0 Å². The predicted molar refractivity (Wildman–Crippen MR) is 44.8 cm³/mol. The van der Waals surface area contributed by atoms with Gasteiger partial charge < -0.3 is 14.6 Å². The number of carbonyl (C=O) groups is 1. The van der Waals surface area contributed by atoms with Crippen LogP contribution in [-0.2, 0) is 9.53 Å². The maximum Gasteiger partial charge on any atom is 0.128 e. The van der Waals surface area contributed by atoms with Crippen molar-refractivity contribution in [3.05, 3.63) is 0 Å². The van der Waals surface area contributed by atoms with Gasteiger partial charge >= 0.3 is 0 Å². The van der Waals surface area contributed by atoms with E-state index in [4.69, 9.17) is 9.84 Å². The Morgan fingerprint density at radius 2 is 2.00 bits per heavy atom. The highest BCUT2D eigenvalue weighted by atomic mass is 16.5. The summed E-state index contributed by atoms with van der Waals surface area (Å²) in [4.78, 5) is 10.8. The van der Waals surface area contributed by atoms with Gasteiger partial charge in [-0.3, -0.25) is 0 Å². The van der Waals surface area contributed by atoms with Crippen molar-refractivity contribution in [2.24, 2.45) is 5.41 Å². The minimum absolute atomic E-state index is 0.0610. The van der Waals surface area contributed by atoms with Crippen molar-refractivity contribution in [3.63, 3.8) is 0 Å². The number of hydrogen-bond donors (Lipinski definition) is 1. The summed E-state index contributed by atoms with van der Waals surface area (Å²) in [6, 6.07) is 0. The molecule has 1 aliphatic heterocycles. The minimum atomic E-state index is -0.545. The second-order valence-corrected chi connectivity index (χ2v) is 3.80. The second kappa shape index (κ2) is 3.54. The topological polar surface area (TPSA) is 46.5 Å². The third-order valence-electron chi connectivity index (χ3n) is 2.42. The molecule has 1 heterocycles. The van der Waals surface area contributed by atoms with Crippen molar-refractivity contribution in [1.82, 2.24) is 0 Å². The SMILES string of the molecule is CC1CC(C=O)(CO)CC(C)O1. The summed E-state index contributed by atoms with van der Waals surface area (Å²) in [5.41, 5.74) is -0.545. The molecule has 1 aliphatic rings. The maximum atomic E-state index is 10.8. The molecule has 0 aliphatic carbocycles. The van der Waals surface area contributed by atoms with E-state index >= 15 is 0 Å². The van der Waals surface area contributed by atoms with Crippen molar-refractivity contribution >= 4 is 6.29 Å². The Balaban J connectivity index is 2.69. The first kappa shape index (κ1) is 9.68. The van der Waals surface area contributed by atoms with Gasteiger partial charge in [0.15, 0.2) is 0 Å². The van der Waals surface area contributed by atoms with Gasteiger partial charge in [0.1, 0.15) is 6.29 Å². The zero-order valence-electron chi connectivity index (χ0n) is 7.62. The second-order valence-electron chi connectivity index (χ2n) is 3.80. The summed E-state index contributed by atoms with van der Waals surface area (Å²) in [5.74, 6) is 0.